The zero-order valence-electron chi connectivity index (χ0n) is 15.7. The zero-order valence-corrected chi connectivity index (χ0v) is 17.3. The lowest BCUT2D eigenvalue weighted by Crippen LogP contribution is -2.14. The van der Waals surface area contributed by atoms with E-state index < -0.39 is 0 Å². The van der Waals surface area contributed by atoms with E-state index in [-0.39, 0.29) is 5.97 Å². The van der Waals surface area contributed by atoms with Gasteiger partial charge in [-0.3, -0.25) is 9.78 Å². The number of ether oxygens (including phenoxy) is 4. The second-order valence-corrected chi connectivity index (χ2v) is 8.84. The van der Waals surface area contributed by atoms with Gasteiger partial charge in [0.1, 0.15) is 19.0 Å². The number of carbonyl (C=O) groups excluding carboxylic acids is 1. The molecule has 1 fully saturated rings. The first-order chi connectivity index (χ1) is 13.3. The van der Waals surface area contributed by atoms with Crippen LogP contribution in [0, 0.1) is 0 Å². The van der Waals surface area contributed by atoms with Crippen molar-refractivity contribution in [3.8, 4) is 5.75 Å². The highest BCUT2D eigenvalue weighted by Gasteiger charge is 2.15. The van der Waals surface area contributed by atoms with Gasteiger partial charge >= 0.3 is 5.97 Å². The highest BCUT2D eigenvalue weighted by Crippen LogP contribution is 2.39. The molecule has 1 aliphatic heterocycles. The lowest BCUT2D eigenvalue weighted by Gasteiger charge is -2.08. The average molecular weight is 416 g/mol. The smallest absolute Gasteiger partial charge is 0.305 e. The van der Waals surface area contributed by atoms with Gasteiger partial charge in [0, 0.05) is 29.8 Å². The van der Waals surface area contributed by atoms with Crippen LogP contribution >= 0.6 is 21.6 Å². The van der Waals surface area contributed by atoms with Crippen molar-refractivity contribution in [3.05, 3.63) is 24.5 Å². The van der Waals surface area contributed by atoms with E-state index in [2.05, 4.69) is 4.98 Å². The predicted octanol–water partition coefficient (Wildman–Crippen LogP) is 3.75. The fourth-order valence-electron chi connectivity index (χ4n) is 2.47. The minimum absolute atomic E-state index is 0.128. The highest BCUT2D eigenvalue weighted by atomic mass is 33.1. The maximum absolute atomic E-state index is 11.6. The summed E-state index contributed by atoms with van der Waals surface area (Å²) in [4.78, 5) is 15.6. The van der Waals surface area contributed by atoms with Crippen molar-refractivity contribution in [1.29, 1.82) is 0 Å². The Morgan fingerprint density at radius 2 is 1.78 bits per heavy atom. The molecule has 0 aromatic carbocycles. The Hall–Kier alpha value is -0.960. The molecule has 27 heavy (non-hydrogen) atoms. The van der Waals surface area contributed by atoms with Crippen molar-refractivity contribution in [2.75, 3.05) is 45.4 Å². The van der Waals surface area contributed by atoms with E-state index in [1.54, 1.807) is 24.5 Å². The number of esters is 1. The van der Waals surface area contributed by atoms with E-state index in [9.17, 15) is 4.79 Å². The highest BCUT2D eigenvalue weighted by molar-refractivity contribution is 8.77. The van der Waals surface area contributed by atoms with Gasteiger partial charge in [0.2, 0.25) is 0 Å². The van der Waals surface area contributed by atoms with E-state index in [4.69, 9.17) is 18.9 Å². The summed E-state index contributed by atoms with van der Waals surface area (Å²) in [6.07, 6.45) is 8.41. The van der Waals surface area contributed by atoms with Crippen molar-refractivity contribution < 1.29 is 23.7 Å². The standard InChI is InChI=1S/C19H29NO5S2/c21-19(4-2-1-3-18-7-16-26-27-18)25-15-13-23-11-10-22-12-14-24-17-5-8-20-9-6-17/h5-6,8-9,18H,1-4,7,10-16H2. The van der Waals surface area contributed by atoms with E-state index >= 15 is 0 Å². The summed E-state index contributed by atoms with van der Waals surface area (Å²) in [5.74, 6) is 1.92. The summed E-state index contributed by atoms with van der Waals surface area (Å²) in [6, 6.07) is 3.61. The van der Waals surface area contributed by atoms with Gasteiger partial charge in [0.15, 0.2) is 0 Å². The van der Waals surface area contributed by atoms with Gasteiger partial charge in [-0.1, -0.05) is 28.0 Å². The topological polar surface area (TPSA) is 66.9 Å². The minimum atomic E-state index is -0.128. The van der Waals surface area contributed by atoms with Gasteiger partial charge in [0.05, 0.1) is 26.4 Å². The molecule has 0 radical (unpaired) electrons. The first-order valence-electron chi connectivity index (χ1n) is 9.47. The van der Waals surface area contributed by atoms with Crippen molar-refractivity contribution in [2.24, 2.45) is 0 Å². The Kier molecular flexibility index (Phi) is 12.4. The minimum Gasteiger partial charge on any atom is -0.491 e. The number of pyridine rings is 1. The quantitative estimate of drug-likeness (QED) is 0.244. The summed E-state index contributed by atoms with van der Waals surface area (Å²) >= 11 is 0. The summed E-state index contributed by atoms with van der Waals surface area (Å²) in [6.45, 7) is 2.66. The monoisotopic (exact) mass is 415 g/mol. The number of rotatable bonds is 15. The zero-order chi connectivity index (χ0) is 19.0. The van der Waals surface area contributed by atoms with Gasteiger partial charge in [-0.05, 0) is 31.4 Å². The van der Waals surface area contributed by atoms with Crippen LogP contribution in [0.2, 0.25) is 0 Å². The summed E-state index contributed by atoms with van der Waals surface area (Å²) < 4.78 is 21.4. The van der Waals surface area contributed by atoms with Crippen LogP contribution < -0.4 is 4.74 Å². The summed E-state index contributed by atoms with van der Waals surface area (Å²) in [7, 11) is 3.95. The van der Waals surface area contributed by atoms with Crippen LogP contribution in [-0.2, 0) is 19.0 Å². The number of carbonyl (C=O) groups is 1. The molecule has 0 spiro atoms. The maximum Gasteiger partial charge on any atom is 0.305 e. The molecule has 0 N–H and O–H groups in total. The molecule has 8 heteroatoms. The Morgan fingerprint density at radius 3 is 2.52 bits per heavy atom. The molecule has 152 valence electrons. The first kappa shape index (κ1) is 22.3. The molecule has 0 aliphatic carbocycles. The average Bonchev–Trinajstić information content (AvgIpc) is 3.21. The number of hydrogen-bond acceptors (Lipinski definition) is 8. The second-order valence-electron chi connectivity index (χ2n) is 6.05. The molecule has 2 rings (SSSR count). The fourth-order valence-corrected chi connectivity index (χ4v) is 5.49. The third-order valence-corrected chi connectivity index (χ3v) is 6.90. The molecule has 6 nitrogen and oxygen atoms in total. The van der Waals surface area contributed by atoms with Gasteiger partial charge in [-0.15, -0.1) is 0 Å². The Labute approximate surface area is 169 Å². The second kappa shape index (κ2) is 15.0. The number of unbranched alkanes of at least 4 members (excludes halogenated alkanes) is 1. The molecule has 1 aromatic rings. The largest absolute Gasteiger partial charge is 0.491 e. The van der Waals surface area contributed by atoms with Gasteiger partial charge in [0.25, 0.3) is 0 Å². The molecule has 0 amide bonds. The van der Waals surface area contributed by atoms with E-state index in [0.717, 1.165) is 23.8 Å². The Balaban J connectivity index is 1.29. The molecule has 1 aromatic heterocycles. The van der Waals surface area contributed by atoms with Gasteiger partial charge in [-0.2, -0.15) is 0 Å². The van der Waals surface area contributed by atoms with Gasteiger partial charge < -0.3 is 18.9 Å². The van der Waals surface area contributed by atoms with Crippen LogP contribution in [0.4, 0.5) is 0 Å². The molecule has 1 saturated heterocycles. The van der Waals surface area contributed by atoms with Crippen LogP contribution in [0.1, 0.15) is 32.1 Å². The summed E-state index contributed by atoms with van der Waals surface area (Å²) in [5.41, 5.74) is 0. The van der Waals surface area contributed by atoms with Crippen LogP contribution in [-0.4, -0.2) is 61.6 Å². The third kappa shape index (κ3) is 11.5. The molecule has 1 unspecified atom stereocenters. The van der Waals surface area contributed by atoms with E-state index in [0.29, 0.717) is 46.1 Å². The molecule has 1 atom stereocenters. The molecular weight excluding hydrogens is 386 g/mol. The lowest BCUT2D eigenvalue weighted by molar-refractivity contribution is -0.145. The molecular formula is C19H29NO5S2. The van der Waals surface area contributed by atoms with Crippen molar-refractivity contribution in [2.45, 2.75) is 37.4 Å². The first-order valence-corrected chi connectivity index (χ1v) is 11.8. The van der Waals surface area contributed by atoms with Crippen LogP contribution in [0.15, 0.2) is 24.5 Å². The number of aromatic nitrogens is 1. The number of hydrogen-bond donors (Lipinski definition) is 0. The van der Waals surface area contributed by atoms with E-state index in [1.165, 1.54) is 18.6 Å². The molecule has 1 aliphatic rings. The maximum atomic E-state index is 11.6. The van der Waals surface area contributed by atoms with Crippen LogP contribution in [0.5, 0.6) is 5.75 Å². The van der Waals surface area contributed by atoms with Crippen LogP contribution in [0.25, 0.3) is 0 Å². The lowest BCUT2D eigenvalue weighted by atomic mass is 10.1. The van der Waals surface area contributed by atoms with Crippen molar-refractivity contribution in [3.63, 3.8) is 0 Å². The molecule has 0 saturated carbocycles. The molecule has 0 bridgehead atoms. The number of nitrogens with zero attached hydrogens (tertiary/aromatic N) is 1. The van der Waals surface area contributed by atoms with Crippen molar-refractivity contribution >= 4 is 27.6 Å². The Morgan fingerprint density at radius 1 is 1.04 bits per heavy atom. The normalized spacial score (nSPS) is 16.4. The van der Waals surface area contributed by atoms with Crippen molar-refractivity contribution in [1.82, 2.24) is 4.98 Å². The summed E-state index contributed by atoms with van der Waals surface area (Å²) in [5, 5.41) is 0.781. The van der Waals surface area contributed by atoms with Gasteiger partial charge in [-0.25, -0.2) is 0 Å². The Bertz CT molecular complexity index is 500. The third-order valence-electron chi connectivity index (χ3n) is 3.89. The van der Waals surface area contributed by atoms with E-state index in [1.807, 2.05) is 21.6 Å². The van der Waals surface area contributed by atoms with Crippen LogP contribution in [0.3, 0.4) is 0 Å². The SMILES string of the molecule is O=C(CCCCC1CCSS1)OCCOCCOCCOc1ccncc1. The predicted molar refractivity (Wildman–Crippen MR) is 109 cm³/mol. The fraction of sp³-hybridized carbons (Fsp3) is 0.684. The molecule has 2 heterocycles.